The molecule has 0 saturated heterocycles. The van der Waals surface area contributed by atoms with Crippen LogP contribution in [0.5, 0.6) is 0 Å². The summed E-state index contributed by atoms with van der Waals surface area (Å²) in [5, 5.41) is -0.176. The van der Waals surface area contributed by atoms with Crippen molar-refractivity contribution >= 4 is 38.1 Å². The van der Waals surface area contributed by atoms with E-state index in [9.17, 15) is 21.6 Å². The molecule has 1 aromatic carbocycles. The number of rotatable bonds is 2. The van der Waals surface area contributed by atoms with Gasteiger partial charge in [0.2, 0.25) is 10.0 Å². The van der Waals surface area contributed by atoms with E-state index in [4.69, 9.17) is 11.6 Å². The third kappa shape index (κ3) is 2.80. The van der Waals surface area contributed by atoms with E-state index in [0.29, 0.717) is 11.0 Å². The zero-order valence-electron chi connectivity index (χ0n) is 11.1. The highest BCUT2D eigenvalue weighted by Gasteiger charge is 2.34. The molecule has 2 aromatic rings. The number of aromatic nitrogens is 1. The first-order valence-electron chi connectivity index (χ1n) is 5.71. The Morgan fingerprint density at radius 2 is 1.86 bits per heavy atom. The molecule has 0 unspecified atom stereocenters. The molecule has 114 valence electrons. The highest BCUT2D eigenvalue weighted by molar-refractivity contribution is 7.89. The van der Waals surface area contributed by atoms with Crippen LogP contribution in [0, 0.1) is 0 Å². The van der Waals surface area contributed by atoms with Crippen molar-refractivity contribution in [3.63, 3.8) is 0 Å². The third-order valence-electron chi connectivity index (χ3n) is 2.92. The topological polar surface area (TPSA) is 39.1 Å². The number of fused-ring (bicyclic) bond motifs is 1. The van der Waals surface area contributed by atoms with E-state index in [-0.39, 0.29) is 11.2 Å². The summed E-state index contributed by atoms with van der Waals surface area (Å²) in [5.74, 6) is 0. The molecule has 21 heavy (non-hydrogen) atoms. The molecule has 8 heteroatoms. The Morgan fingerprint density at radius 1 is 1.29 bits per heavy atom. The highest BCUT2D eigenvalue weighted by Crippen LogP contribution is 2.38. The normalized spacial score (nSPS) is 12.9. The van der Waals surface area contributed by atoms with Gasteiger partial charge in [-0.05, 0) is 30.7 Å². The molecule has 0 radical (unpaired) electrons. The molecule has 0 aliphatic carbocycles. The van der Waals surface area contributed by atoms with Gasteiger partial charge in [-0.2, -0.15) is 13.2 Å². The van der Waals surface area contributed by atoms with Crippen LogP contribution in [0.2, 0.25) is 5.02 Å². The van der Waals surface area contributed by atoms with E-state index in [1.807, 2.05) is 0 Å². The van der Waals surface area contributed by atoms with Gasteiger partial charge in [-0.1, -0.05) is 18.2 Å². The summed E-state index contributed by atoms with van der Waals surface area (Å²) in [6, 6.07) is 3.30. The van der Waals surface area contributed by atoms with Crippen molar-refractivity contribution in [1.29, 1.82) is 0 Å². The van der Waals surface area contributed by atoms with Crippen LogP contribution in [-0.2, 0) is 16.2 Å². The maximum atomic E-state index is 12.9. The van der Waals surface area contributed by atoms with Gasteiger partial charge in [0.1, 0.15) is 0 Å². The molecule has 0 spiro atoms. The molecule has 0 aliphatic heterocycles. The van der Waals surface area contributed by atoms with E-state index in [1.165, 1.54) is 6.07 Å². The lowest BCUT2D eigenvalue weighted by molar-refractivity contribution is -0.137. The summed E-state index contributed by atoms with van der Waals surface area (Å²) < 4.78 is 63.3. The molecule has 1 aromatic heterocycles. The van der Waals surface area contributed by atoms with Gasteiger partial charge in [0.05, 0.1) is 28.1 Å². The first-order chi connectivity index (χ1) is 9.43. The lowest BCUT2D eigenvalue weighted by atomic mass is 10.1. The summed E-state index contributed by atoms with van der Waals surface area (Å²) in [7, 11) is -3.79. The van der Waals surface area contributed by atoms with E-state index in [0.717, 1.165) is 22.4 Å². The highest BCUT2D eigenvalue weighted by atomic mass is 35.5. The molecule has 0 atom stereocenters. The Kier molecular flexibility index (Phi) is 3.62. The number of alkyl halides is 3. The van der Waals surface area contributed by atoms with Gasteiger partial charge in [0.15, 0.2) is 0 Å². The van der Waals surface area contributed by atoms with Gasteiger partial charge >= 0.3 is 6.18 Å². The van der Waals surface area contributed by atoms with E-state index in [1.54, 1.807) is 6.92 Å². The SMILES string of the molecule is C=C(C)c1cc2cc(Cl)c(C(F)(F)F)cc2n1S(C)(=O)=O. The average Bonchev–Trinajstić information content (AvgIpc) is 2.64. The van der Waals surface area contributed by atoms with E-state index in [2.05, 4.69) is 6.58 Å². The van der Waals surface area contributed by atoms with Crippen molar-refractivity contribution in [3.05, 3.63) is 41.1 Å². The van der Waals surface area contributed by atoms with Crippen LogP contribution < -0.4 is 0 Å². The Labute approximate surface area is 124 Å². The Morgan fingerprint density at radius 3 is 2.29 bits per heavy atom. The standard InChI is InChI=1S/C13H11ClF3NO2S/c1-7(2)11-5-8-4-10(14)9(13(15,16)17)6-12(8)18(11)21(3,19)20/h4-6H,1H2,2-3H3. The minimum atomic E-state index is -4.67. The number of hydrogen-bond donors (Lipinski definition) is 0. The number of hydrogen-bond acceptors (Lipinski definition) is 2. The van der Waals surface area contributed by atoms with Crippen LogP contribution >= 0.6 is 11.6 Å². The third-order valence-corrected chi connectivity index (χ3v) is 4.29. The Balaban J connectivity index is 2.98. The van der Waals surface area contributed by atoms with Crippen LogP contribution in [0.15, 0.2) is 24.8 Å². The predicted octanol–water partition coefficient (Wildman–Crippen LogP) is 4.15. The molecule has 0 fully saturated rings. The average molecular weight is 338 g/mol. The Bertz CT molecular complexity index is 850. The number of nitrogens with zero attached hydrogens (tertiary/aromatic N) is 1. The lowest BCUT2D eigenvalue weighted by Crippen LogP contribution is -2.13. The summed E-state index contributed by atoms with van der Waals surface area (Å²) in [6.45, 7) is 5.22. The van der Waals surface area contributed by atoms with E-state index < -0.39 is 26.8 Å². The van der Waals surface area contributed by atoms with Gasteiger partial charge in [-0.3, -0.25) is 0 Å². The van der Waals surface area contributed by atoms with Crippen molar-refractivity contribution in [2.24, 2.45) is 0 Å². The second kappa shape index (κ2) is 4.78. The molecule has 0 saturated carbocycles. The fourth-order valence-electron chi connectivity index (χ4n) is 2.08. The molecular weight excluding hydrogens is 327 g/mol. The van der Waals surface area contributed by atoms with Crippen LogP contribution in [0.4, 0.5) is 13.2 Å². The second-order valence-corrected chi connectivity index (χ2v) is 6.96. The van der Waals surface area contributed by atoms with Crippen molar-refractivity contribution in [1.82, 2.24) is 3.97 Å². The molecule has 0 bridgehead atoms. The molecular formula is C13H11ClF3NO2S. The summed E-state index contributed by atoms with van der Waals surface area (Å²) >= 11 is 5.64. The first kappa shape index (κ1) is 15.9. The molecule has 1 heterocycles. The van der Waals surface area contributed by atoms with Gasteiger partial charge in [0.25, 0.3) is 0 Å². The van der Waals surface area contributed by atoms with Gasteiger partial charge in [-0.15, -0.1) is 0 Å². The van der Waals surface area contributed by atoms with Crippen molar-refractivity contribution < 1.29 is 21.6 Å². The van der Waals surface area contributed by atoms with Crippen LogP contribution in [-0.4, -0.2) is 18.6 Å². The summed E-state index contributed by atoms with van der Waals surface area (Å²) in [5.41, 5.74) is -0.510. The first-order valence-corrected chi connectivity index (χ1v) is 7.94. The minimum absolute atomic E-state index is 0.0766. The molecule has 0 N–H and O–H groups in total. The van der Waals surface area contributed by atoms with Gasteiger partial charge < -0.3 is 0 Å². The molecule has 2 rings (SSSR count). The largest absolute Gasteiger partial charge is 0.417 e. The summed E-state index contributed by atoms with van der Waals surface area (Å²) in [4.78, 5) is 0. The summed E-state index contributed by atoms with van der Waals surface area (Å²) in [6.07, 6.45) is -3.75. The molecule has 3 nitrogen and oxygen atoms in total. The van der Waals surface area contributed by atoms with Gasteiger partial charge in [0, 0.05) is 5.39 Å². The quantitative estimate of drug-likeness (QED) is 0.825. The zero-order valence-corrected chi connectivity index (χ0v) is 12.7. The number of benzene rings is 1. The maximum Gasteiger partial charge on any atom is 0.417 e. The van der Waals surface area contributed by atoms with E-state index >= 15 is 0 Å². The lowest BCUT2D eigenvalue weighted by Gasteiger charge is -2.11. The maximum absolute atomic E-state index is 12.9. The zero-order chi connectivity index (χ0) is 16.2. The predicted molar refractivity (Wildman–Crippen MR) is 76.9 cm³/mol. The molecule has 0 amide bonds. The van der Waals surface area contributed by atoms with Crippen LogP contribution in [0.25, 0.3) is 16.5 Å². The van der Waals surface area contributed by atoms with Gasteiger partial charge in [-0.25, -0.2) is 12.4 Å². The fourth-order valence-corrected chi connectivity index (χ4v) is 3.44. The number of halogens is 4. The van der Waals surface area contributed by atoms with Crippen molar-refractivity contribution in [2.75, 3.05) is 6.26 Å². The van der Waals surface area contributed by atoms with Crippen LogP contribution in [0.3, 0.4) is 0 Å². The smallest absolute Gasteiger partial charge is 0.238 e. The monoisotopic (exact) mass is 337 g/mol. The van der Waals surface area contributed by atoms with Crippen LogP contribution in [0.1, 0.15) is 18.2 Å². The van der Waals surface area contributed by atoms with Crippen molar-refractivity contribution in [3.8, 4) is 0 Å². The van der Waals surface area contributed by atoms with Crippen molar-refractivity contribution in [2.45, 2.75) is 13.1 Å². The molecule has 0 aliphatic rings. The Hall–Kier alpha value is -1.47. The number of allylic oxidation sites excluding steroid dienone is 1. The fraction of sp³-hybridized carbons (Fsp3) is 0.231. The minimum Gasteiger partial charge on any atom is -0.238 e. The second-order valence-electron chi connectivity index (χ2n) is 4.73.